The lowest BCUT2D eigenvalue weighted by atomic mass is 10.2. The molecular formula is C11H11NO2. The maximum absolute atomic E-state index is 11.0. The molecule has 2 rings (SSSR count). The third-order valence-corrected chi connectivity index (χ3v) is 2.07. The maximum atomic E-state index is 11.0. The van der Waals surface area contributed by atoms with E-state index in [0.29, 0.717) is 0 Å². The Bertz CT molecular complexity index is 485. The summed E-state index contributed by atoms with van der Waals surface area (Å²) >= 11 is 0. The van der Waals surface area contributed by atoms with Gasteiger partial charge in [-0.05, 0) is 19.1 Å². The molecule has 0 aliphatic heterocycles. The molecule has 0 saturated carbocycles. The minimum atomic E-state index is -0.0837. The van der Waals surface area contributed by atoms with Crippen molar-refractivity contribution in [3.8, 4) is 0 Å². The van der Waals surface area contributed by atoms with E-state index in [9.17, 15) is 4.79 Å². The molecule has 1 amide bonds. The molecule has 0 saturated heterocycles. The van der Waals surface area contributed by atoms with E-state index in [2.05, 4.69) is 5.32 Å². The number of amides is 1. The van der Waals surface area contributed by atoms with Crippen LogP contribution in [0, 0.1) is 6.92 Å². The van der Waals surface area contributed by atoms with Crippen LogP contribution in [0.15, 0.2) is 28.7 Å². The maximum Gasteiger partial charge on any atom is 0.221 e. The largest absolute Gasteiger partial charge is 0.459 e. The summed E-state index contributed by atoms with van der Waals surface area (Å²) in [6.07, 6.45) is 0. The zero-order valence-corrected chi connectivity index (χ0v) is 8.13. The lowest BCUT2D eigenvalue weighted by molar-refractivity contribution is -0.114. The number of anilines is 1. The van der Waals surface area contributed by atoms with Gasteiger partial charge in [-0.1, -0.05) is 12.1 Å². The average molecular weight is 189 g/mol. The van der Waals surface area contributed by atoms with Crippen molar-refractivity contribution < 1.29 is 9.21 Å². The molecule has 0 aliphatic carbocycles. The fourth-order valence-electron chi connectivity index (χ4n) is 1.50. The highest BCUT2D eigenvalue weighted by molar-refractivity contribution is 6.01. The van der Waals surface area contributed by atoms with Gasteiger partial charge in [-0.2, -0.15) is 0 Å². The summed E-state index contributed by atoms with van der Waals surface area (Å²) in [5.74, 6) is 0.654. The molecule has 0 atom stereocenters. The van der Waals surface area contributed by atoms with Gasteiger partial charge in [-0.25, -0.2) is 0 Å². The van der Waals surface area contributed by atoms with Crippen molar-refractivity contribution in [1.29, 1.82) is 0 Å². The number of benzene rings is 1. The number of furan rings is 1. The second-order valence-corrected chi connectivity index (χ2v) is 3.21. The fraction of sp³-hybridized carbons (Fsp3) is 0.182. The molecular weight excluding hydrogens is 178 g/mol. The zero-order chi connectivity index (χ0) is 10.1. The van der Waals surface area contributed by atoms with Crippen LogP contribution in [0.25, 0.3) is 11.0 Å². The predicted molar refractivity (Wildman–Crippen MR) is 55.3 cm³/mol. The van der Waals surface area contributed by atoms with Gasteiger partial charge in [0.25, 0.3) is 0 Å². The first-order valence-electron chi connectivity index (χ1n) is 4.44. The Balaban J connectivity index is 2.62. The standard InChI is InChI=1S/C11H11NO2/c1-7-11(12-8(2)13)9-5-3-4-6-10(9)14-7/h3-6H,1-2H3,(H,12,13). The molecule has 72 valence electrons. The second kappa shape index (κ2) is 3.18. The van der Waals surface area contributed by atoms with Crippen LogP contribution in [-0.2, 0) is 4.79 Å². The molecule has 2 aromatic rings. The molecule has 3 heteroatoms. The molecule has 0 aliphatic rings. The molecule has 1 N–H and O–H groups in total. The highest BCUT2D eigenvalue weighted by atomic mass is 16.3. The van der Waals surface area contributed by atoms with Crippen molar-refractivity contribution in [2.45, 2.75) is 13.8 Å². The summed E-state index contributed by atoms with van der Waals surface area (Å²) in [6, 6.07) is 7.64. The molecule has 0 unspecified atom stereocenters. The number of rotatable bonds is 1. The predicted octanol–water partition coefficient (Wildman–Crippen LogP) is 2.70. The Kier molecular flexibility index (Phi) is 2.00. The SMILES string of the molecule is CC(=O)Nc1c(C)oc2ccccc12. The number of carbonyl (C=O) groups excluding carboxylic acids is 1. The number of carbonyl (C=O) groups is 1. The summed E-state index contributed by atoms with van der Waals surface area (Å²) in [6.45, 7) is 3.33. The average Bonchev–Trinajstić information content (AvgIpc) is 2.43. The van der Waals surface area contributed by atoms with E-state index in [-0.39, 0.29) is 5.91 Å². The van der Waals surface area contributed by atoms with E-state index in [1.807, 2.05) is 31.2 Å². The van der Waals surface area contributed by atoms with Crippen LogP contribution < -0.4 is 5.32 Å². The van der Waals surface area contributed by atoms with E-state index in [4.69, 9.17) is 4.42 Å². The second-order valence-electron chi connectivity index (χ2n) is 3.21. The first-order valence-corrected chi connectivity index (χ1v) is 4.44. The Morgan fingerprint density at radius 1 is 1.36 bits per heavy atom. The first-order chi connectivity index (χ1) is 6.68. The fourth-order valence-corrected chi connectivity index (χ4v) is 1.50. The van der Waals surface area contributed by atoms with E-state index in [1.54, 1.807) is 0 Å². The number of fused-ring (bicyclic) bond motifs is 1. The summed E-state index contributed by atoms with van der Waals surface area (Å²) in [7, 11) is 0. The molecule has 14 heavy (non-hydrogen) atoms. The number of aryl methyl sites for hydroxylation is 1. The number of nitrogens with one attached hydrogen (secondary N) is 1. The van der Waals surface area contributed by atoms with Gasteiger partial charge >= 0.3 is 0 Å². The van der Waals surface area contributed by atoms with Crippen LogP contribution in [0.3, 0.4) is 0 Å². The smallest absolute Gasteiger partial charge is 0.221 e. The first kappa shape index (κ1) is 8.81. The molecule has 0 spiro atoms. The Morgan fingerprint density at radius 3 is 2.79 bits per heavy atom. The van der Waals surface area contributed by atoms with Gasteiger partial charge in [0, 0.05) is 12.3 Å². The van der Waals surface area contributed by atoms with Gasteiger partial charge in [-0.15, -0.1) is 0 Å². The normalized spacial score (nSPS) is 10.4. The molecule has 0 fully saturated rings. The quantitative estimate of drug-likeness (QED) is 0.749. The van der Waals surface area contributed by atoms with Gasteiger partial charge in [0.15, 0.2) is 0 Å². The summed E-state index contributed by atoms with van der Waals surface area (Å²) in [5, 5.41) is 3.71. The van der Waals surface area contributed by atoms with E-state index < -0.39 is 0 Å². The lowest BCUT2D eigenvalue weighted by Gasteiger charge is -1.98. The topological polar surface area (TPSA) is 42.2 Å². The van der Waals surface area contributed by atoms with Crippen molar-refractivity contribution in [2.75, 3.05) is 5.32 Å². The minimum Gasteiger partial charge on any atom is -0.459 e. The van der Waals surface area contributed by atoms with Crippen molar-refractivity contribution in [3.63, 3.8) is 0 Å². The van der Waals surface area contributed by atoms with Gasteiger partial charge in [-0.3, -0.25) is 4.79 Å². The molecule has 1 heterocycles. The Hall–Kier alpha value is -1.77. The molecule has 0 radical (unpaired) electrons. The lowest BCUT2D eigenvalue weighted by Crippen LogP contribution is -2.05. The van der Waals surface area contributed by atoms with E-state index in [1.165, 1.54) is 6.92 Å². The van der Waals surface area contributed by atoms with Crippen LogP contribution in [0.5, 0.6) is 0 Å². The minimum absolute atomic E-state index is 0.0837. The monoisotopic (exact) mass is 189 g/mol. The number of hydrogen-bond acceptors (Lipinski definition) is 2. The third kappa shape index (κ3) is 1.37. The van der Waals surface area contributed by atoms with Crippen LogP contribution in [-0.4, -0.2) is 5.91 Å². The zero-order valence-electron chi connectivity index (χ0n) is 8.13. The molecule has 1 aromatic carbocycles. The van der Waals surface area contributed by atoms with E-state index in [0.717, 1.165) is 22.4 Å². The molecule has 1 aromatic heterocycles. The van der Waals surface area contributed by atoms with Gasteiger partial charge in [0.2, 0.25) is 5.91 Å². The Labute approximate surface area is 81.7 Å². The van der Waals surface area contributed by atoms with Crippen molar-refractivity contribution in [3.05, 3.63) is 30.0 Å². The summed E-state index contributed by atoms with van der Waals surface area (Å²) in [4.78, 5) is 11.0. The highest BCUT2D eigenvalue weighted by Crippen LogP contribution is 2.29. The highest BCUT2D eigenvalue weighted by Gasteiger charge is 2.10. The molecule has 0 bridgehead atoms. The van der Waals surface area contributed by atoms with Crippen LogP contribution in [0.2, 0.25) is 0 Å². The Morgan fingerprint density at radius 2 is 2.07 bits per heavy atom. The van der Waals surface area contributed by atoms with Crippen LogP contribution in [0.1, 0.15) is 12.7 Å². The van der Waals surface area contributed by atoms with Crippen molar-refractivity contribution in [2.24, 2.45) is 0 Å². The van der Waals surface area contributed by atoms with Crippen LogP contribution in [0.4, 0.5) is 5.69 Å². The summed E-state index contributed by atoms with van der Waals surface area (Å²) < 4.78 is 5.49. The van der Waals surface area contributed by atoms with Gasteiger partial charge in [0.05, 0.1) is 5.69 Å². The van der Waals surface area contributed by atoms with Crippen LogP contribution >= 0.6 is 0 Å². The molecule has 3 nitrogen and oxygen atoms in total. The number of hydrogen-bond donors (Lipinski definition) is 1. The summed E-state index contributed by atoms with van der Waals surface area (Å²) in [5.41, 5.74) is 1.57. The van der Waals surface area contributed by atoms with Gasteiger partial charge in [0.1, 0.15) is 11.3 Å². The van der Waals surface area contributed by atoms with Crippen molar-refractivity contribution >= 4 is 22.6 Å². The van der Waals surface area contributed by atoms with Crippen molar-refractivity contribution in [1.82, 2.24) is 0 Å². The third-order valence-electron chi connectivity index (χ3n) is 2.07. The number of para-hydroxylation sites is 1. The van der Waals surface area contributed by atoms with Gasteiger partial charge < -0.3 is 9.73 Å². The van der Waals surface area contributed by atoms with E-state index >= 15 is 0 Å².